The van der Waals surface area contributed by atoms with E-state index in [1.54, 1.807) is 0 Å². The summed E-state index contributed by atoms with van der Waals surface area (Å²) in [5.74, 6) is 0.269. The minimum atomic E-state index is 0.0111. The maximum Gasteiger partial charge on any atom is 0.0848 e. The molecule has 2 nitrogen and oxygen atoms in total. The van der Waals surface area contributed by atoms with Gasteiger partial charge in [-0.05, 0) is 18.9 Å². The molecule has 1 unspecified atom stereocenters. The normalized spacial score (nSPS) is 14.1. The number of nitrogens with two attached hydrogens (primary N) is 1. The van der Waals surface area contributed by atoms with E-state index in [9.17, 15) is 5.11 Å². The smallest absolute Gasteiger partial charge is 0.0848 e. The minimum Gasteiger partial charge on any atom is -0.330 e. The van der Waals surface area contributed by atoms with Gasteiger partial charge < -0.3 is 5.73 Å². The van der Waals surface area contributed by atoms with Crippen LogP contribution in [0.25, 0.3) is 0 Å². The third kappa shape index (κ3) is 3.76. The van der Waals surface area contributed by atoms with Crippen molar-refractivity contribution in [1.82, 2.24) is 0 Å². The van der Waals surface area contributed by atoms with Crippen molar-refractivity contribution in [2.24, 2.45) is 11.7 Å². The second-order valence-corrected chi connectivity index (χ2v) is 1.85. The Morgan fingerprint density at radius 2 is 2.29 bits per heavy atom. The highest BCUT2D eigenvalue weighted by molar-refractivity contribution is 4.48. The number of hydrogen-bond acceptors (Lipinski definition) is 1. The van der Waals surface area contributed by atoms with Crippen molar-refractivity contribution in [2.75, 3.05) is 13.2 Å². The first kappa shape index (κ1) is 6.92. The predicted octanol–water partition coefficient (Wildman–Crippen LogP) is 0.402. The lowest BCUT2D eigenvalue weighted by molar-refractivity contribution is 0.148. The van der Waals surface area contributed by atoms with Gasteiger partial charge in [0.1, 0.15) is 0 Å². The van der Waals surface area contributed by atoms with Crippen LogP contribution < -0.4 is 5.73 Å². The Morgan fingerprint density at radius 3 is 2.43 bits per heavy atom. The zero-order valence-electron chi connectivity index (χ0n) is 4.68. The fraction of sp³-hybridized carbons (Fsp3) is 1.00. The predicted molar refractivity (Wildman–Crippen MR) is 28.4 cm³/mol. The highest BCUT2D eigenvalue weighted by Crippen LogP contribution is 1.95. The SMILES string of the molecule is CC(C[O])CCN. The second kappa shape index (κ2) is 4.09. The zero-order chi connectivity index (χ0) is 5.70. The van der Waals surface area contributed by atoms with Crippen LogP contribution in [0, 0.1) is 5.92 Å². The monoisotopic (exact) mass is 102 g/mol. The van der Waals surface area contributed by atoms with Crippen molar-refractivity contribution in [3.63, 3.8) is 0 Å². The Bertz CT molecular complexity index is 39.1. The van der Waals surface area contributed by atoms with Crippen molar-refractivity contribution in [3.8, 4) is 0 Å². The van der Waals surface area contributed by atoms with Crippen LogP contribution >= 0.6 is 0 Å². The van der Waals surface area contributed by atoms with Gasteiger partial charge in [0.2, 0.25) is 0 Å². The van der Waals surface area contributed by atoms with Crippen LogP contribution in [0.5, 0.6) is 0 Å². The summed E-state index contributed by atoms with van der Waals surface area (Å²) in [4.78, 5) is 0. The standard InChI is InChI=1S/C5H12NO/c1-5(4-7)2-3-6/h5H,2-4,6H2,1H3. The highest BCUT2D eigenvalue weighted by Gasteiger charge is 1.95. The first-order chi connectivity index (χ1) is 3.31. The summed E-state index contributed by atoms with van der Waals surface area (Å²) in [6, 6.07) is 0. The topological polar surface area (TPSA) is 45.9 Å². The molecular formula is C5H12NO. The van der Waals surface area contributed by atoms with Crippen LogP contribution in [0.15, 0.2) is 0 Å². The van der Waals surface area contributed by atoms with E-state index in [1.807, 2.05) is 6.92 Å². The second-order valence-electron chi connectivity index (χ2n) is 1.85. The van der Waals surface area contributed by atoms with Crippen LogP contribution in [0.3, 0.4) is 0 Å². The van der Waals surface area contributed by atoms with E-state index in [0.29, 0.717) is 6.54 Å². The Labute approximate surface area is 44.3 Å². The Kier molecular flexibility index (Phi) is 4.04. The first-order valence-electron chi connectivity index (χ1n) is 2.59. The van der Waals surface area contributed by atoms with Crippen molar-refractivity contribution in [2.45, 2.75) is 13.3 Å². The van der Waals surface area contributed by atoms with E-state index < -0.39 is 0 Å². The number of rotatable bonds is 3. The van der Waals surface area contributed by atoms with Crippen molar-refractivity contribution in [3.05, 3.63) is 0 Å². The molecule has 0 fully saturated rings. The summed E-state index contributed by atoms with van der Waals surface area (Å²) >= 11 is 0. The van der Waals surface area contributed by atoms with Gasteiger partial charge in [0.05, 0.1) is 6.61 Å². The summed E-state index contributed by atoms with van der Waals surface area (Å²) in [5.41, 5.74) is 5.17. The van der Waals surface area contributed by atoms with Gasteiger partial charge in [-0.15, -0.1) is 0 Å². The van der Waals surface area contributed by atoms with Gasteiger partial charge in [-0.3, -0.25) is 0 Å². The van der Waals surface area contributed by atoms with E-state index >= 15 is 0 Å². The van der Waals surface area contributed by atoms with Gasteiger partial charge in [0, 0.05) is 0 Å². The van der Waals surface area contributed by atoms with Crippen molar-refractivity contribution in [1.29, 1.82) is 0 Å². The molecule has 0 saturated carbocycles. The maximum absolute atomic E-state index is 9.96. The summed E-state index contributed by atoms with van der Waals surface area (Å²) in [5, 5.41) is 9.96. The third-order valence-corrected chi connectivity index (χ3v) is 0.944. The third-order valence-electron chi connectivity index (χ3n) is 0.944. The van der Waals surface area contributed by atoms with Gasteiger partial charge in [-0.25, -0.2) is 5.11 Å². The molecule has 0 aliphatic rings. The molecule has 0 amide bonds. The fourth-order valence-electron chi connectivity index (χ4n) is 0.368. The summed E-state index contributed by atoms with van der Waals surface area (Å²) in [7, 11) is 0. The highest BCUT2D eigenvalue weighted by atomic mass is 16.3. The molecule has 2 N–H and O–H groups in total. The van der Waals surface area contributed by atoms with Gasteiger partial charge >= 0.3 is 0 Å². The summed E-state index contributed by atoms with van der Waals surface area (Å²) in [6.07, 6.45) is 0.865. The van der Waals surface area contributed by atoms with Crippen LogP contribution in [0.2, 0.25) is 0 Å². The number of hydrogen-bond donors (Lipinski definition) is 1. The maximum atomic E-state index is 9.96. The Hall–Kier alpha value is -0.0800. The van der Waals surface area contributed by atoms with Crippen molar-refractivity contribution >= 4 is 0 Å². The van der Waals surface area contributed by atoms with Crippen LogP contribution in [-0.2, 0) is 5.11 Å². The van der Waals surface area contributed by atoms with E-state index in [-0.39, 0.29) is 12.5 Å². The summed E-state index contributed by atoms with van der Waals surface area (Å²) < 4.78 is 0. The average molecular weight is 102 g/mol. The molecule has 1 atom stereocenters. The largest absolute Gasteiger partial charge is 0.330 e. The Morgan fingerprint density at radius 1 is 1.71 bits per heavy atom. The van der Waals surface area contributed by atoms with Crippen LogP contribution in [0.4, 0.5) is 0 Å². The molecule has 0 aromatic heterocycles. The molecule has 43 valence electrons. The zero-order valence-corrected chi connectivity index (χ0v) is 4.68. The van der Waals surface area contributed by atoms with Gasteiger partial charge in [0.25, 0.3) is 0 Å². The molecular weight excluding hydrogens is 90.1 g/mol. The first-order valence-corrected chi connectivity index (χ1v) is 2.59. The van der Waals surface area contributed by atoms with E-state index in [1.165, 1.54) is 0 Å². The van der Waals surface area contributed by atoms with E-state index in [2.05, 4.69) is 0 Å². The fourth-order valence-corrected chi connectivity index (χ4v) is 0.368. The molecule has 0 spiro atoms. The van der Waals surface area contributed by atoms with Gasteiger partial charge in [-0.2, -0.15) is 0 Å². The quantitative estimate of drug-likeness (QED) is 0.551. The molecule has 0 aliphatic carbocycles. The molecule has 2 heteroatoms. The lowest BCUT2D eigenvalue weighted by Crippen LogP contribution is -2.07. The molecule has 1 radical (unpaired) electrons. The molecule has 0 heterocycles. The van der Waals surface area contributed by atoms with E-state index in [0.717, 1.165) is 6.42 Å². The van der Waals surface area contributed by atoms with Crippen LogP contribution in [0.1, 0.15) is 13.3 Å². The van der Waals surface area contributed by atoms with E-state index in [4.69, 9.17) is 5.73 Å². The van der Waals surface area contributed by atoms with Crippen LogP contribution in [-0.4, -0.2) is 13.2 Å². The molecule has 7 heavy (non-hydrogen) atoms. The molecule has 0 aliphatic heterocycles. The molecule has 0 aromatic rings. The Balaban J connectivity index is 2.83. The molecule has 0 aromatic carbocycles. The lowest BCUT2D eigenvalue weighted by atomic mass is 10.1. The van der Waals surface area contributed by atoms with Crippen molar-refractivity contribution < 1.29 is 5.11 Å². The lowest BCUT2D eigenvalue weighted by Gasteiger charge is -2.00. The summed E-state index contributed by atoms with van der Waals surface area (Å²) in [6.45, 7) is 2.57. The van der Waals surface area contributed by atoms with Gasteiger partial charge in [-0.1, -0.05) is 6.92 Å². The molecule has 0 saturated heterocycles. The average Bonchev–Trinajstić information content (AvgIpc) is 1.68. The molecule has 0 rings (SSSR count). The molecule has 0 bridgehead atoms. The minimum absolute atomic E-state index is 0.0111. The van der Waals surface area contributed by atoms with Gasteiger partial charge in [0.15, 0.2) is 0 Å².